The van der Waals surface area contributed by atoms with Gasteiger partial charge in [-0.2, -0.15) is 0 Å². The maximum absolute atomic E-state index is 13.2. The fourth-order valence-electron chi connectivity index (χ4n) is 1.99. The molecule has 1 atom stereocenters. The van der Waals surface area contributed by atoms with Gasteiger partial charge in [-0.1, -0.05) is 0 Å². The molecule has 0 fully saturated rings. The van der Waals surface area contributed by atoms with Crippen LogP contribution in [0, 0.1) is 11.6 Å². The van der Waals surface area contributed by atoms with Gasteiger partial charge in [0, 0.05) is 22.5 Å². The van der Waals surface area contributed by atoms with E-state index in [4.69, 9.17) is 16.3 Å². The number of nitrogens with one attached hydrogen (secondary N) is 1. The second-order valence-corrected chi connectivity index (χ2v) is 5.80. The summed E-state index contributed by atoms with van der Waals surface area (Å²) >= 11 is 2.96. The Bertz CT molecular complexity index is 822. The van der Waals surface area contributed by atoms with Crippen LogP contribution in [0.2, 0.25) is 0 Å². The van der Waals surface area contributed by atoms with Crippen molar-refractivity contribution in [3.8, 4) is 5.75 Å². The Morgan fingerprint density at radius 1 is 1.28 bits per heavy atom. The Hall–Kier alpha value is -2.23. The summed E-state index contributed by atoms with van der Waals surface area (Å²) in [6, 6.07) is 6.56. The highest BCUT2D eigenvalue weighted by atomic mass is 35.5. The average Bonchev–Trinajstić information content (AvgIpc) is 2.58. The maximum Gasteiger partial charge on any atom is 0.255 e. The molecule has 0 aromatic heterocycles. The minimum atomic E-state index is -2.66. The third kappa shape index (κ3) is 4.44. The highest BCUT2D eigenvalue weighted by Gasteiger charge is 2.15. The van der Waals surface area contributed by atoms with Crippen LogP contribution in [0.1, 0.15) is 10.4 Å². The van der Waals surface area contributed by atoms with Gasteiger partial charge < -0.3 is 14.6 Å². The van der Waals surface area contributed by atoms with Crippen molar-refractivity contribution >= 4 is 40.1 Å². The molecule has 0 aliphatic rings. The molecular formula is C15H12ClF2N2O4S-. The molecule has 1 amide bonds. The van der Waals surface area contributed by atoms with Gasteiger partial charge in [0.2, 0.25) is 0 Å². The lowest BCUT2D eigenvalue weighted by Crippen LogP contribution is -2.24. The molecular weight excluding hydrogens is 378 g/mol. The summed E-state index contributed by atoms with van der Waals surface area (Å²) in [7, 11) is 1.35. The van der Waals surface area contributed by atoms with Crippen LogP contribution in [-0.2, 0) is 11.3 Å². The summed E-state index contributed by atoms with van der Waals surface area (Å²) in [5.41, 5.74) is 0.220. The minimum Gasteiger partial charge on any atom is -0.755 e. The van der Waals surface area contributed by atoms with E-state index in [0.29, 0.717) is 0 Å². The van der Waals surface area contributed by atoms with Crippen molar-refractivity contribution in [2.24, 2.45) is 0 Å². The van der Waals surface area contributed by atoms with Gasteiger partial charge in [0.05, 0.1) is 12.8 Å². The van der Waals surface area contributed by atoms with E-state index < -0.39 is 28.8 Å². The summed E-state index contributed by atoms with van der Waals surface area (Å²) in [4.78, 5) is 12.1. The number of carbonyl (C=O) groups is 1. The van der Waals surface area contributed by atoms with Crippen LogP contribution >= 0.6 is 11.6 Å². The highest BCUT2D eigenvalue weighted by Crippen LogP contribution is 2.32. The lowest BCUT2D eigenvalue weighted by atomic mass is 10.2. The van der Waals surface area contributed by atoms with Crippen LogP contribution in [0.15, 0.2) is 36.4 Å². The first-order valence-electron chi connectivity index (χ1n) is 6.74. The first kappa shape index (κ1) is 19.1. The summed E-state index contributed by atoms with van der Waals surface area (Å²) in [6.45, 7) is 0. The largest absolute Gasteiger partial charge is 0.755 e. The molecule has 0 saturated carbocycles. The van der Waals surface area contributed by atoms with Gasteiger partial charge in [0.25, 0.3) is 5.91 Å². The molecule has 0 radical (unpaired) electrons. The molecule has 10 heteroatoms. The lowest BCUT2D eigenvalue weighted by molar-refractivity contribution is 0.102. The molecule has 6 nitrogen and oxygen atoms in total. The van der Waals surface area contributed by atoms with Crippen LogP contribution in [0.4, 0.5) is 20.2 Å². The van der Waals surface area contributed by atoms with Crippen LogP contribution < -0.4 is 14.4 Å². The number of amides is 1. The van der Waals surface area contributed by atoms with E-state index in [9.17, 15) is 22.3 Å². The van der Waals surface area contributed by atoms with Crippen molar-refractivity contribution < 1.29 is 27.1 Å². The van der Waals surface area contributed by atoms with Crippen molar-refractivity contribution in [3.63, 3.8) is 0 Å². The fourth-order valence-corrected chi connectivity index (χ4v) is 2.74. The predicted octanol–water partition coefficient (Wildman–Crippen LogP) is 3.02. The topological polar surface area (TPSA) is 81.7 Å². The summed E-state index contributed by atoms with van der Waals surface area (Å²) in [6.07, 6.45) is 0. The summed E-state index contributed by atoms with van der Waals surface area (Å²) in [5.74, 6) is -2.71. The summed E-state index contributed by atoms with van der Waals surface area (Å²) in [5, 5.41) is 2.46. The summed E-state index contributed by atoms with van der Waals surface area (Å²) < 4.78 is 54.5. The van der Waals surface area contributed by atoms with Crippen molar-refractivity contribution in [1.29, 1.82) is 0 Å². The van der Waals surface area contributed by atoms with Crippen LogP contribution in [0.3, 0.4) is 0 Å². The second-order valence-electron chi connectivity index (χ2n) is 4.68. The van der Waals surface area contributed by atoms with Gasteiger partial charge >= 0.3 is 0 Å². The van der Waals surface area contributed by atoms with Gasteiger partial charge in [-0.3, -0.25) is 13.3 Å². The van der Waals surface area contributed by atoms with E-state index in [-0.39, 0.29) is 28.7 Å². The number of carbonyl (C=O) groups excluding carboxylic acids is 1. The van der Waals surface area contributed by atoms with E-state index in [0.717, 1.165) is 22.5 Å². The quantitative estimate of drug-likeness (QED) is 0.467. The third-order valence-corrected chi connectivity index (χ3v) is 4.24. The van der Waals surface area contributed by atoms with Crippen molar-refractivity contribution in [2.45, 2.75) is 0 Å². The number of methoxy groups -OCH3 is 1. The molecule has 2 aromatic carbocycles. The SMILES string of the molecule is COc1ccc(NC(=O)c2ccc(F)c(F)c2)cc1N(CCl)S(=O)[O-]. The van der Waals surface area contributed by atoms with E-state index in [1.54, 1.807) is 0 Å². The number of alkyl halides is 1. The number of nitrogens with zero attached hydrogens (tertiary/aromatic N) is 1. The molecule has 0 saturated heterocycles. The number of ether oxygens (including phenoxy) is 1. The van der Waals surface area contributed by atoms with Crippen molar-refractivity contribution in [3.05, 3.63) is 53.6 Å². The number of rotatable bonds is 6. The molecule has 25 heavy (non-hydrogen) atoms. The molecule has 1 unspecified atom stereocenters. The molecule has 0 heterocycles. The zero-order valence-electron chi connectivity index (χ0n) is 12.8. The molecule has 0 aliphatic heterocycles. The van der Waals surface area contributed by atoms with E-state index >= 15 is 0 Å². The number of hydrogen-bond donors (Lipinski definition) is 1. The molecule has 0 bridgehead atoms. The number of hydrogen-bond acceptors (Lipinski definition) is 4. The highest BCUT2D eigenvalue weighted by molar-refractivity contribution is 7.80. The second kappa shape index (κ2) is 8.24. The Balaban J connectivity index is 2.31. The first-order chi connectivity index (χ1) is 11.9. The Morgan fingerprint density at radius 2 is 2.00 bits per heavy atom. The first-order valence-corrected chi connectivity index (χ1v) is 8.31. The van der Waals surface area contributed by atoms with Gasteiger partial charge in [-0.05, 0) is 36.4 Å². The number of halogens is 3. The lowest BCUT2D eigenvalue weighted by Gasteiger charge is -2.25. The standard InChI is InChI=1S/C15H13ClF2N2O4S/c1-24-14-5-3-10(7-13(14)20(8-16)25(22)23)19-15(21)9-2-4-11(17)12(18)6-9/h2-7H,8H2,1H3,(H,19,21)(H,22,23)/p-1. The molecule has 0 aliphatic carbocycles. The van der Waals surface area contributed by atoms with E-state index in [1.165, 1.54) is 25.3 Å². The van der Waals surface area contributed by atoms with Gasteiger partial charge in [0.1, 0.15) is 11.8 Å². The predicted molar refractivity (Wildman–Crippen MR) is 89.4 cm³/mol. The van der Waals surface area contributed by atoms with Gasteiger partial charge in [0.15, 0.2) is 11.6 Å². The normalized spacial score (nSPS) is 11.7. The van der Waals surface area contributed by atoms with Gasteiger partial charge in [-0.25, -0.2) is 8.78 Å². The van der Waals surface area contributed by atoms with Gasteiger partial charge in [-0.15, -0.1) is 11.6 Å². The van der Waals surface area contributed by atoms with Crippen molar-refractivity contribution in [1.82, 2.24) is 0 Å². The van der Waals surface area contributed by atoms with Crippen molar-refractivity contribution in [2.75, 3.05) is 22.7 Å². The smallest absolute Gasteiger partial charge is 0.255 e. The monoisotopic (exact) mass is 389 g/mol. The van der Waals surface area contributed by atoms with Crippen LogP contribution in [-0.4, -0.2) is 27.8 Å². The third-order valence-electron chi connectivity index (χ3n) is 3.18. The number of benzene rings is 2. The molecule has 2 rings (SSSR count). The van der Waals surface area contributed by atoms with E-state index in [2.05, 4.69) is 5.32 Å². The molecule has 134 valence electrons. The molecule has 1 N–H and O–H groups in total. The molecule has 0 spiro atoms. The Labute approximate surface area is 149 Å². The Morgan fingerprint density at radius 3 is 2.56 bits per heavy atom. The zero-order chi connectivity index (χ0) is 18.6. The molecule has 2 aromatic rings. The maximum atomic E-state index is 13.2. The average molecular weight is 390 g/mol. The van der Waals surface area contributed by atoms with E-state index in [1.807, 2.05) is 0 Å². The fraction of sp³-hybridized carbons (Fsp3) is 0.133. The Kier molecular flexibility index (Phi) is 6.29. The minimum absolute atomic E-state index is 0.0992. The van der Waals surface area contributed by atoms with Crippen LogP contribution in [0.25, 0.3) is 0 Å². The van der Waals surface area contributed by atoms with Crippen LogP contribution in [0.5, 0.6) is 5.75 Å². The number of anilines is 2. The zero-order valence-corrected chi connectivity index (χ0v) is 14.4.